The molecule has 1 aliphatic rings. The van der Waals surface area contributed by atoms with Crippen molar-refractivity contribution in [2.45, 2.75) is 37.9 Å². The summed E-state index contributed by atoms with van der Waals surface area (Å²) in [6.07, 6.45) is 0. The summed E-state index contributed by atoms with van der Waals surface area (Å²) in [6, 6.07) is 0.533. The smallest absolute Gasteiger partial charge is 0.131 e. The third kappa shape index (κ3) is 2.29. The first-order valence-electron chi connectivity index (χ1n) is 6.03. The van der Waals surface area contributed by atoms with Crippen LogP contribution in [0.3, 0.4) is 0 Å². The van der Waals surface area contributed by atoms with Crippen LogP contribution in [-0.4, -0.2) is 33.4 Å². The Hall–Kier alpha value is -0.350. The van der Waals surface area contributed by atoms with Gasteiger partial charge in [0.1, 0.15) is 5.82 Å². The van der Waals surface area contributed by atoms with Crippen molar-refractivity contribution in [3.63, 3.8) is 0 Å². The van der Waals surface area contributed by atoms with Crippen LogP contribution >= 0.6 is 23.4 Å². The molecule has 2 rings (SSSR count). The molecule has 5 heteroatoms. The molecule has 1 aromatic rings. The van der Waals surface area contributed by atoms with Gasteiger partial charge in [0, 0.05) is 36.2 Å². The van der Waals surface area contributed by atoms with Crippen LogP contribution in [0.4, 0.5) is 5.82 Å². The number of alkyl halides is 1. The number of hydrogen-bond donors (Lipinski definition) is 0. The van der Waals surface area contributed by atoms with Gasteiger partial charge in [-0.05, 0) is 13.8 Å². The van der Waals surface area contributed by atoms with Crippen molar-refractivity contribution in [1.29, 1.82) is 0 Å². The maximum absolute atomic E-state index is 6.07. The molecule has 3 nitrogen and oxygen atoms in total. The molecule has 0 bridgehead atoms. The second-order valence-corrected chi connectivity index (χ2v) is 6.41. The van der Waals surface area contributed by atoms with E-state index in [1.807, 2.05) is 30.4 Å². The summed E-state index contributed by atoms with van der Waals surface area (Å²) < 4.78 is 1.98. The van der Waals surface area contributed by atoms with Gasteiger partial charge in [-0.15, -0.1) is 11.6 Å². The largest absolute Gasteiger partial charge is 0.352 e. The SMILES string of the molecule is Cc1nn(C)c(N2CCSC(C)C2C)c1CCl. The summed E-state index contributed by atoms with van der Waals surface area (Å²) >= 11 is 8.12. The zero-order valence-electron chi connectivity index (χ0n) is 10.9. The normalized spacial score (nSPS) is 25.4. The fraction of sp³-hybridized carbons (Fsp3) is 0.750. The minimum absolute atomic E-state index is 0.533. The van der Waals surface area contributed by atoms with Crippen molar-refractivity contribution in [3.8, 4) is 0 Å². The van der Waals surface area contributed by atoms with Crippen molar-refractivity contribution in [2.75, 3.05) is 17.2 Å². The first-order valence-corrected chi connectivity index (χ1v) is 7.61. The zero-order valence-corrected chi connectivity index (χ0v) is 12.5. The van der Waals surface area contributed by atoms with Gasteiger partial charge < -0.3 is 4.90 Å². The van der Waals surface area contributed by atoms with E-state index in [1.54, 1.807) is 0 Å². The highest BCUT2D eigenvalue weighted by atomic mass is 35.5. The number of anilines is 1. The number of aromatic nitrogens is 2. The molecule has 0 amide bonds. The second kappa shape index (κ2) is 5.11. The number of halogens is 1. The Balaban J connectivity index is 2.38. The van der Waals surface area contributed by atoms with Gasteiger partial charge >= 0.3 is 0 Å². The quantitative estimate of drug-likeness (QED) is 0.773. The molecule has 0 saturated carbocycles. The standard InChI is InChI=1S/C12H20ClN3S/c1-8-11(7-13)12(15(4)14-8)16-5-6-17-10(3)9(16)2/h9-10H,5-7H2,1-4H3. The number of aryl methyl sites for hydroxylation is 2. The second-order valence-electron chi connectivity index (χ2n) is 4.65. The predicted octanol–water partition coefficient (Wildman–Crippen LogP) is 2.80. The van der Waals surface area contributed by atoms with Crippen LogP contribution in [0, 0.1) is 6.92 Å². The van der Waals surface area contributed by atoms with Gasteiger partial charge in [-0.1, -0.05) is 6.92 Å². The molecular weight excluding hydrogens is 254 g/mol. The highest BCUT2D eigenvalue weighted by Gasteiger charge is 2.29. The molecule has 0 N–H and O–H groups in total. The molecule has 1 aliphatic heterocycles. The maximum atomic E-state index is 6.07. The molecule has 1 saturated heterocycles. The van der Waals surface area contributed by atoms with Crippen LogP contribution in [0.1, 0.15) is 25.1 Å². The van der Waals surface area contributed by atoms with Crippen molar-refractivity contribution >= 4 is 29.2 Å². The third-order valence-corrected chi connectivity index (χ3v) is 5.21. The lowest BCUT2D eigenvalue weighted by molar-refractivity contribution is 0.596. The Morgan fingerprint density at radius 2 is 2.18 bits per heavy atom. The van der Waals surface area contributed by atoms with Crippen molar-refractivity contribution < 1.29 is 0 Å². The number of rotatable bonds is 2. The molecule has 0 spiro atoms. The van der Waals surface area contributed by atoms with E-state index >= 15 is 0 Å². The Labute approximate surface area is 113 Å². The molecule has 96 valence electrons. The van der Waals surface area contributed by atoms with Gasteiger partial charge in [0.2, 0.25) is 0 Å². The molecular formula is C12H20ClN3S. The van der Waals surface area contributed by atoms with E-state index in [0.29, 0.717) is 17.2 Å². The molecule has 0 aromatic carbocycles. The molecule has 2 heterocycles. The van der Waals surface area contributed by atoms with Crippen molar-refractivity contribution in [1.82, 2.24) is 9.78 Å². The lowest BCUT2D eigenvalue weighted by Crippen LogP contribution is -2.46. The van der Waals surface area contributed by atoms with E-state index in [1.165, 1.54) is 17.1 Å². The first-order chi connectivity index (χ1) is 8.06. The number of thioether (sulfide) groups is 1. The number of nitrogens with zero attached hydrogens (tertiary/aromatic N) is 3. The van der Waals surface area contributed by atoms with Crippen molar-refractivity contribution in [2.24, 2.45) is 7.05 Å². The molecule has 0 radical (unpaired) electrons. The molecule has 0 aliphatic carbocycles. The molecule has 17 heavy (non-hydrogen) atoms. The molecule has 1 fully saturated rings. The van der Waals surface area contributed by atoms with Crippen molar-refractivity contribution in [3.05, 3.63) is 11.3 Å². The third-order valence-electron chi connectivity index (χ3n) is 3.60. The minimum atomic E-state index is 0.533. The van der Waals surface area contributed by atoms with Crippen LogP contribution in [-0.2, 0) is 12.9 Å². The summed E-state index contributed by atoms with van der Waals surface area (Å²) in [7, 11) is 2.01. The van der Waals surface area contributed by atoms with E-state index in [0.717, 1.165) is 12.2 Å². The van der Waals surface area contributed by atoms with Crippen LogP contribution in [0.5, 0.6) is 0 Å². The van der Waals surface area contributed by atoms with E-state index in [-0.39, 0.29) is 0 Å². The Bertz CT molecular complexity index is 405. The average molecular weight is 274 g/mol. The van der Waals surface area contributed by atoms with E-state index in [4.69, 9.17) is 11.6 Å². The fourth-order valence-corrected chi connectivity index (χ4v) is 3.85. The number of hydrogen-bond acceptors (Lipinski definition) is 3. The Morgan fingerprint density at radius 3 is 2.82 bits per heavy atom. The molecule has 2 unspecified atom stereocenters. The van der Waals surface area contributed by atoms with Crippen LogP contribution in [0.25, 0.3) is 0 Å². The monoisotopic (exact) mass is 273 g/mol. The van der Waals surface area contributed by atoms with E-state index in [2.05, 4.69) is 23.8 Å². The van der Waals surface area contributed by atoms with Crippen LogP contribution in [0.2, 0.25) is 0 Å². The Kier molecular flexibility index (Phi) is 3.93. The zero-order chi connectivity index (χ0) is 12.6. The van der Waals surface area contributed by atoms with Gasteiger partial charge in [0.05, 0.1) is 11.6 Å². The highest BCUT2D eigenvalue weighted by Crippen LogP contribution is 2.32. The molecule has 1 aromatic heterocycles. The first kappa shape index (κ1) is 13.1. The van der Waals surface area contributed by atoms with Gasteiger partial charge in [-0.3, -0.25) is 4.68 Å². The van der Waals surface area contributed by atoms with Gasteiger partial charge in [0.15, 0.2) is 0 Å². The lowest BCUT2D eigenvalue weighted by atomic mass is 10.1. The topological polar surface area (TPSA) is 21.1 Å². The average Bonchev–Trinajstić information content (AvgIpc) is 2.57. The molecule has 2 atom stereocenters. The van der Waals surface area contributed by atoms with E-state index in [9.17, 15) is 0 Å². The fourth-order valence-electron chi connectivity index (χ4n) is 2.44. The minimum Gasteiger partial charge on any atom is -0.352 e. The van der Waals surface area contributed by atoms with Crippen LogP contribution < -0.4 is 4.90 Å². The lowest BCUT2D eigenvalue weighted by Gasteiger charge is -2.39. The summed E-state index contributed by atoms with van der Waals surface area (Å²) in [5.41, 5.74) is 2.23. The Morgan fingerprint density at radius 1 is 1.47 bits per heavy atom. The van der Waals surface area contributed by atoms with Gasteiger partial charge in [-0.25, -0.2) is 0 Å². The summed E-state index contributed by atoms with van der Waals surface area (Å²) in [5.74, 6) is 2.93. The summed E-state index contributed by atoms with van der Waals surface area (Å²) in [5, 5.41) is 5.16. The summed E-state index contributed by atoms with van der Waals surface area (Å²) in [4.78, 5) is 2.46. The van der Waals surface area contributed by atoms with Crippen LogP contribution in [0.15, 0.2) is 0 Å². The van der Waals surface area contributed by atoms with Gasteiger partial charge in [-0.2, -0.15) is 16.9 Å². The summed E-state index contributed by atoms with van der Waals surface area (Å²) in [6.45, 7) is 7.70. The highest BCUT2D eigenvalue weighted by molar-refractivity contribution is 8.00. The predicted molar refractivity (Wildman–Crippen MR) is 76.2 cm³/mol. The van der Waals surface area contributed by atoms with Gasteiger partial charge in [0.25, 0.3) is 0 Å². The van der Waals surface area contributed by atoms with E-state index < -0.39 is 0 Å². The maximum Gasteiger partial charge on any atom is 0.131 e.